The van der Waals surface area contributed by atoms with Crippen molar-refractivity contribution in [2.45, 2.75) is 18.9 Å². The summed E-state index contributed by atoms with van der Waals surface area (Å²) in [5.74, 6) is -0.223. The Hall–Kier alpha value is -0.700. The molecule has 2 fully saturated rings. The van der Waals surface area contributed by atoms with Gasteiger partial charge in [-0.1, -0.05) is 0 Å². The molecule has 0 unspecified atom stereocenters. The number of carbonyl (C=O) groups is 1. The van der Waals surface area contributed by atoms with Gasteiger partial charge in [-0.2, -0.15) is 17.0 Å². The Morgan fingerprint density at radius 3 is 2.56 bits per heavy atom. The number of carbonyl (C=O) groups excluding carboxylic acids is 1. The lowest BCUT2D eigenvalue weighted by molar-refractivity contribution is -0.121. The molecule has 0 aromatic rings. The summed E-state index contributed by atoms with van der Waals surface area (Å²) in [6.07, 6.45) is 2.00. The smallest absolute Gasteiger partial charge is 0.282 e. The highest BCUT2D eigenvalue weighted by Gasteiger charge is 2.30. The monoisotopic (exact) mass is 276 g/mol. The van der Waals surface area contributed by atoms with Crippen LogP contribution in [0, 0.1) is 0 Å². The van der Waals surface area contributed by atoms with Crippen molar-refractivity contribution in [3.63, 3.8) is 0 Å². The molecule has 2 aliphatic rings. The summed E-state index contributed by atoms with van der Waals surface area (Å²) in [4.78, 5) is 11.6. The molecule has 0 aromatic carbocycles. The molecule has 1 heterocycles. The lowest BCUT2D eigenvalue weighted by Crippen LogP contribution is -2.52. The number of piperazine rings is 1. The first kappa shape index (κ1) is 13.7. The number of rotatable bonds is 5. The molecule has 0 radical (unpaired) electrons. The van der Waals surface area contributed by atoms with Gasteiger partial charge < -0.3 is 10.6 Å². The van der Waals surface area contributed by atoms with Crippen molar-refractivity contribution in [1.82, 2.24) is 19.2 Å². The Kier molecular flexibility index (Phi) is 4.21. The van der Waals surface area contributed by atoms with E-state index in [9.17, 15) is 13.2 Å². The Morgan fingerprint density at radius 1 is 1.39 bits per heavy atom. The molecule has 0 bridgehead atoms. The van der Waals surface area contributed by atoms with E-state index >= 15 is 0 Å². The van der Waals surface area contributed by atoms with Gasteiger partial charge in [-0.15, -0.1) is 0 Å². The van der Waals surface area contributed by atoms with Gasteiger partial charge in [0, 0.05) is 39.3 Å². The van der Waals surface area contributed by atoms with Gasteiger partial charge in [0.05, 0.1) is 6.54 Å². The minimum atomic E-state index is -3.51. The molecule has 1 aliphatic heterocycles. The Labute approximate surface area is 108 Å². The first-order valence-corrected chi connectivity index (χ1v) is 7.61. The molecule has 1 amide bonds. The van der Waals surface area contributed by atoms with Crippen LogP contribution < -0.4 is 10.6 Å². The molecule has 1 aliphatic carbocycles. The van der Waals surface area contributed by atoms with Crippen molar-refractivity contribution < 1.29 is 13.2 Å². The number of nitrogens with one attached hydrogen (secondary N) is 2. The molecule has 1 saturated heterocycles. The fourth-order valence-corrected chi connectivity index (χ4v) is 3.18. The highest BCUT2D eigenvalue weighted by molar-refractivity contribution is 7.86. The van der Waals surface area contributed by atoms with Gasteiger partial charge in [0.1, 0.15) is 0 Å². The third kappa shape index (κ3) is 3.41. The summed E-state index contributed by atoms with van der Waals surface area (Å²) in [5.41, 5.74) is 0. The van der Waals surface area contributed by atoms with E-state index in [0.717, 1.165) is 17.1 Å². The van der Waals surface area contributed by atoms with Gasteiger partial charge in [-0.3, -0.25) is 4.79 Å². The second kappa shape index (κ2) is 5.52. The van der Waals surface area contributed by atoms with E-state index in [1.54, 1.807) is 0 Å². The zero-order valence-corrected chi connectivity index (χ0v) is 11.4. The van der Waals surface area contributed by atoms with Crippen LogP contribution in [0.3, 0.4) is 0 Å². The first-order valence-electron chi connectivity index (χ1n) is 6.21. The van der Waals surface area contributed by atoms with E-state index in [1.165, 1.54) is 11.4 Å². The zero-order valence-electron chi connectivity index (χ0n) is 10.6. The summed E-state index contributed by atoms with van der Waals surface area (Å²) in [5, 5.41) is 5.88. The molecule has 1 saturated carbocycles. The minimum Gasteiger partial charge on any atom is -0.352 e. The molecule has 2 rings (SSSR count). The molecule has 0 atom stereocenters. The van der Waals surface area contributed by atoms with Crippen LogP contribution in [-0.4, -0.2) is 68.7 Å². The zero-order chi connectivity index (χ0) is 13.2. The number of hydrogen-bond acceptors (Lipinski definition) is 4. The van der Waals surface area contributed by atoms with Crippen molar-refractivity contribution in [1.29, 1.82) is 0 Å². The van der Waals surface area contributed by atoms with Crippen LogP contribution in [-0.2, 0) is 15.0 Å². The van der Waals surface area contributed by atoms with Crippen LogP contribution in [0.4, 0.5) is 0 Å². The molecular formula is C10H20N4O3S. The van der Waals surface area contributed by atoms with E-state index in [-0.39, 0.29) is 18.5 Å². The number of nitrogens with zero attached hydrogens (tertiary/aromatic N) is 2. The van der Waals surface area contributed by atoms with Gasteiger partial charge in [0.25, 0.3) is 10.2 Å². The van der Waals surface area contributed by atoms with E-state index in [4.69, 9.17) is 0 Å². The average molecular weight is 276 g/mol. The summed E-state index contributed by atoms with van der Waals surface area (Å²) < 4.78 is 26.9. The molecule has 7 nitrogen and oxygen atoms in total. The highest BCUT2D eigenvalue weighted by atomic mass is 32.2. The van der Waals surface area contributed by atoms with Gasteiger partial charge in [-0.05, 0) is 12.8 Å². The Bertz CT molecular complexity index is 401. The average Bonchev–Trinajstić information content (AvgIpc) is 3.13. The van der Waals surface area contributed by atoms with Crippen molar-refractivity contribution in [3.8, 4) is 0 Å². The summed E-state index contributed by atoms with van der Waals surface area (Å²) in [6, 6.07) is 0.257. The number of likely N-dealkylation sites (N-methyl/N-ethyl adjacent to an activating group) is 1. The Balaban J connectivity index is 1.88. The van der Waals surface area contributed by atoms with Crippen molar-refractivity contribution in [2.75, 3.05) is 39.8 Å². The van der Waals surface area contributed by atoms with E-state index in [2.05, 4.69) is 10.6 Å². The molecule has 8 heteroatoms. The fraction of sp³-hybridized carbons (Fsp3) is 0.900. The van der Waals surface area contributed by atoms with Gasteiger partial charge in [-0.25, -0.2) is 0 Å². The van der Waals surface area contributed by atoms with Crippen LogP contribution in [0.15, 0.2) is 0 Å². The predicted octanol–water partition coefficient (Wildman–Crippen LogP) is -1.65. The van der Waals surface area contributed by atoms with Crippen LogP contribution in [0.25, 0.3) is 0 Å². The molecule has 18 heavy (non-hydrogen) atoms. The Morgan fingerprint density at radius 2 is 2.00 bits per heavy atom. The highest BCUT2D eigenvalue weighted by Crippen LogP contribution is 2.18. The fourth-order valence-electron chi connectivity index (χ4n) is 1.86. The molecule has 2 N–H and O–H groups in total. The van der Waals surface area contributed by atoms with E-state index in [0.29, 0.717) is 26.2 Å². The normalized spacial score (nSPS) is 22.1. The lowest BCUT2D eigenvalue weighted by atomic mass is 10.4. The lowest BCUT2D eigenvalue weighted by Gasteiger charge is -2.30. The number of hydrogen-bond donors (Lipinski definition) is 2. The third-order valence-electron chi connectivity index (χ3n) is 3.10. The van der Waals surface area contributed by atoms with Crippen molar-refractivity contribution in [2.24, 2.45) is 0 Å². The largest absolute Gasteiger partial charge is 0.352 e. The SMILES string of the molecule is CN(CC(=O)NC1CC1)S(=O)(=O)N1CCNCC1. The molecule has 104 valence electrons. The van der Waals surface area contributed by atoms with E-state index < -0.39 is 10.2 Å². The maximum atomic E-state index is 12.2. The third-order valence-corrected chi connectivity index (χ3v) is 5.04. The minimum absolute atomic E-state index is 0.108. The molecule has 0 aromatic heterocycles. The first-order chi connectivity index (χ1) is 8.50. The standard InChI is InChI=1S/C10H20N4O3S/c1-13(8-10(15)12-9-2-3-9)18(16,17)14-6-4-11-5-7-14/h9,11H,2-8H2,1H3,(H,12,15). The van der Waals surface area contributed by atoms with E-state index in [1.807, 2.05) is 0 Å². The summed E-state index contributed by atoms with van der Waals surface area (Å²) in [7, 11) is -2.06. The number of amides is 1. The van der Waals surface area contributed by atoms with Gasteiger partial charge in [0.15, 0.2) is 0 Å². The summed E-state index contributed by atoms with van der Waals surface area (Å²) in [6.45, 7) is 2.11. The quantitative estimate of drug-likeness (QED) is 0.630. The van der Waals surface area contributed by atoms with Gasteiger partial charge >= 0.3 is 0 Å². The van der Waals surface area contributed by atoms with Crippen LogP contribution in [0.2, 0.25) is 0 Å². The maximum absolute atomic E-state index is 12.2. The second-order valence-corrected chi connectivity index (χ2v) is 6.79. The second-order valence-electron chi connectivity index (χ2n) is 4.75. The topological polar surface area (TPSA) is 81.8 Å². The molecule has 0 spiro atoms. The van der Waals surface area contributed by atoms with Crippen LogP contribution in [0.5, 0.6) is 0 Å². The molecular weight excluding hydrogens is 256 g/mol. The maximum Gasteiger partial charge on any atom is 0.282 e. The predicted molar refractivity (Wildman–Crippen MR) is 67.2 cm³/mol. The van der Waals surface area contributed by atoms with Crippen LogP contribution in [0.1, 0.15) is 12.8 Å². The van der Waals surface area contributed by atoms with Crippen molar-refractivity contribution in [3.05, 3.63) is 0 Å². The summed E-state index contributed by atoms with van der Waals surface area (Å²) >= 11 is 0. The van der Waals surface area contributed by atoms with Crippen molar-refractivity contribution >= 4 is 16.1 Å². The van der Waals surface area contributed by atoms with Gasteiger partial charge in [0.2, 0.25) is 5.91 Å². The van der Waals surface area contributed by atoms with Crippen LogP contribution >= 0.6 is 0 Å².